The van der Waals surface area contributed by atoms with Crippen molar-refractivity contribution in [3.05, 3.63) is 46.5 Å². The van der Waals surface area contributed by atoms with Crippen LogP contribution in [0, 0.1) is 0 Å². The molecule has 0 fully saturated rings. The average molecular weight is 447 g/mol. The zero-order valence-electron chi connectivity index (χ0n) is 17.3. The van der Waals surface area contributed by atoms with E-state index >= 15 is 0 Å². The van der Waals surface area contributed by atoms with E-state index in [2.05, 4.69) is 26.8 Å². The summed E-state index contributed by atoms with van der Waals surface area (Å²) in [6.45, 7) is 9.47. The van der Waals surface area contributed by atoms with Crippen molar-refractivity contribution in [2.24, 2.45) is 5.73 Å². The smallest absolute Gasteiger partial charge is 0.156 e. The second-order valence-corrected chi connectivity index (χ2v) is 8.12. The Hall–Kier alpha value is -2.26. The first-order valence-electron chi connectivity index (χ1n) is 9.86. The molecule has 3 N–H and O–H groups in total. The summed E-state index contributed by atoms with van der Waals surface area (Å²) in [5.41, 5.74) is 8.97. The Labute approximate surface area is 184 Å². The number of imidazole rings is 2. The van der Waals surface area contributed by atoms with E-state index < -0.39 is 5.66 Å². The first-order chi connectivity index (χ1) is 14.3. The zero-order chi connectivity index (χ0) is 21.6. The molecule has 10 heteroatoms. The van der Waals surface area contributed by atoms with Crippen LogP contribution in [0.1, 0.15) is 45.4 Å². The number of aryl methyl sites for hydroxylation is 2. The summed E-state index contributed by atoms with van der Waals surface area (Å²) in [6, 6.07) is 3.63. The normalized spacial score (nSPS) is 15.0. The molecule has 0 radical (unpaired) electrons. The maximum absolute atomic E-state index is 6.75. The summed E-state index contributed by atoms with van der Waals surface area (Å²) in [7, 11) is 0. The van der Waals surface area contributed by atoms with Gasteiger partial charge in [-0.25, -0.2) is 19.9 Å². The van der Waals surface area contributed by atoms with Gasteiger partial charge in [-0.2, -0.15) is 0 Å². The number of halogens is 2. The number of pyridine rings is 2. The summed E-state index contributed by atoms with van der Waals surface area (Å²) >= 11 is 12.5. The summed E-state index contributed by atoms with van der Waals surface area (Å²) in [6.07, 6.45) is 3.36. The third-order valence-electron chi connectivity index (χ3n) is 5.28. The minimum atomic E-state index is -0.948. The molecule has 2 unspecified atom stereocenters. The number of hydrogen-bond acceptors (Lipinski definition) is 6. The molecule has 0 aliphatic heterocycles. The minimum absolute atomic E-state index is 0.179. The van der Waals surface area contributed by atoms with Crippen LogP contribution in [0.2, 0.25) is 10.3 Å². The van der Waals surface area contributed by atoms with Crippen molar-refractivity contribution in [2.75, 3.05) is 0 Å². The predicted octanol–water partition coefficient (Wildman–Crippen LogP) is 4.00. The zero-order valence-corrected chi connectivity index (χ0v) is 18.8. The monoisotopic (exact) mass is 446 g/mol. The van der Waals surface area contributed by atoms with E-state index in [-0.39, 0.29) is 6.04 Å². The van der Waals surface area contributed by atoms with Crippen LogP contribution in [0.25, 0.3) is 22.1 Å². The minimum Gasteiger partial charge on any atom is -0.327 e. The number of nitrogens with zero attached hydrogens (tertiary/aromatic N) is 6. The van der Waals surface area contributed by atoms with E-state index in [1.165, 1.54) is 0 Å². The molecular weight excluding hydrogens is 423 g/mol. The van der Waals surface area contributed by atoms with Crippen LogP contribution in [0.5, 0.6) is 0 Å². The lowest BCUT2D eigenvalue weighted by Gasteiger charge is -2.30. The van der Waals surface area contributed by atoms with Crippen LogP contribution in [-0.4, -0.2) is 29.1 Å². The fourth-order valence-corrected chi connectivity index (χ4v) is 4.41. The largest absolute Gasteiger partial charge is 0.327 e. The first kappa shape index (κ1) is 21.0. The quantitative estimate of drug-likeness (QED) is 0.342. The highest BCUT2D eigenvalue weighted by molar-refractivity contribution is 6.34. The fraction of sp³-hybridized carbons (Fsp3) is 0.400. The van der Waals surface area contributed by atoms with Crippen LogP contribution in [0.15, 0.2) is 24.5 Å². The molecule has 0 aliphatic carbocycles. The van der Waals surface area contributed by atoms with Gasteiger partial charge in [0.1, 0.15) is 28.3 Å². The molecule has 8 nitrogen and oxygen atoms in total. The van der Waals surface area contributed by atoms with Crippen molar-refractivity contribution < 1.29 is 0 Å². The summed E-state index contributed by atoms with van der Waals surface area (Å²) in [4.78, 5) is 17.8. The highest BCUT2D eigenvalue weighted by Crippen LogP contribution is 2.29. The Morgan fingerprint density at radius 3 is 2.10 bits per heavy atom. The maximum atomic E-state index is 6.75. The second-order valence-electron chi connectivity index (χ2n) is 7.40. The van der Waals surface area contributed by atoms with Gasteiger partial charge < -0.3 is 14.9 Å². The van der Waals surface area contributed by atoms with Gasteiger partial charge in [0, 0.05) is 25.5 Å². The van der Waals surface area contributed by atoms with E-state index in [0.717, 1.165) is 23.4 Å². The van der Waals surface area contributed by atoms with E-state index in [4.69, 9.17) is 38.9 Å². The molecule has 0 amide bonds. The van der Waals surface area contributed by atoms with Crippen LogP contribution in [-0.2, 0) is 18.8 Å². The van der Waals surface area contributed by atoms with Crippen molar-refractivity contribution in [1.82, 2.24) is 34.4 Å². The van der Waals surface area contributed by atoms with Crippen molar-refractivity contribution in [1.29, 1.82) is 0 Å². The van der Waals surface area contributed by atoms with Gasteiger partial charge in [-0.3, -0.25) is 5.32 Å². The van der Waals surface area contributed by atoms with Gasteiger partial charge in [0.05, 0.1) is 17.1 Å². The topological polar surface area (TPSA) is 99.5 Å². The number of hydrogen-bond donors (Lipinski definition) is 2. The Kier molecular flexibility index (Phi) is 5.44. The van der Waals surface area contributed by atoms with Gasteiger partial charge in [0.25, 0.3) is 0 Å². The SMILES string of the molecule is CCn1c(C(C)NC(C)(N)c2nc3c(Cl)nccc3n2CC)nc2c(Cl)nccc21. The van der Waals surface area contributed by atoms with Gasteiger partial charge in [-0.1, -0.05) is 23.2 Å². The van der Waals surface area contributed by atoms with Crippen LogP contribution in [0.3, 0.4) is 0 Å². The number of aromatic nitrogens is 6. The first-order valence-corrected chi connectivity index (χ1v) is 10.6. The van der Waals surface area contributed by atoms with Gasteiger partial charge in [-0.15, -0.1) is 0 Å². The molecule has 30 heavy (non-hydrogen) atoms. The standard InChI is InChI=1S/C20H24Cl2N8/c1-5-29-12-7-9-24-16(21)14(12)26-18(29)11(3)28-20(4,23)19-27-15-13(30(19)6-2)8-10-25-17(15)22/h7-11,28H,5-6,23H2,1-4H3. The number of nitrogens with two attached hydrogens (primary N) is 1. The summed E-state index contributed by atoms with van der Waals surface area (Å²) < 4.78 is 4.16. The number of nitrogens with one attached hydrogen (secondary N) is 1. The van der Waals surface area contributed by atoms with Crippen molar-refractivity contribution in [2.45, 2.75) is 52.5 Å². The molecule has 4 aromatic heterocycles. The summed E-state index contributed by atoms with van der Waals surface area (Å²) in [5.74, 6) is 1.51. The third kappa shape index (κ3) is 3.33. The maximum Gasteiger partial charge on any atom is 0.156 e. The molecule has 2 atom stereocenters. The van der Waals surface area contributed by atoms with E-state index in [0.29, 0.717) is 33.7 Å². The highest BCUT2D eigenvalue weighted by atomic mass is 35.5. The molecule has 0 saturated heterocycles. The average Bonchev–Trinajstić information content (AvgIpc) is 3.28. The Morgan fingerprint density at radius 1 is 1.00 bits per heavy atom. The van der Waals surface area contributed by atoms with Crippen molar-refractivity contribution in [3.63, 3.8) is 0 Å². The van der Waals surface area contributed by atoms with Crippen LogP contribution < -0.4 is 11.1 Å². The highest BCUT2D eigenvalue weighted by Gasteiger charge is 2.32. The fourth-order valence-electron chi connectivity index (χ4n) is 4.02. The lowest BCUT2D eigenvalue weighted by atomic mass is 10.1. The van der Waals surface area contributed by atoms with Crippen molar-refractivity contribution in [3.8, 4) is 0 Å². The molecule has 0 saturated carbocycles. The van der Waals surface area contributed by atoms with Gasteiger partial charge in [0.2, 0.25) is 0 Å². The molecule has 0 bridgehead atoms. The van der Waals surface area contributed by atoms with Crippen molar-refractivity contribution >= 4 is 45.3 Å². The molecule has 4 aromatic rings. The third-order valence-corrected chi connectivity index (χ3v) is 5.83. The van der Waals surface area contributed by atoms with E-state index in [9.17, 15) is 0 Å². The van der Waals surface area contributed by atoms with Gasteiger partial charge in [-0.05, 0) is 39.8 Å². The molecule has 4 heterocycles. The number of fused-ring (bicyclic) bond motifs is 2. The lowest BCUT2D eigenvalue weighted by molar-refractivity contribution is 0.302. The van der Waals surface area contributed by atoms with Crippen LogP contribution >= 0.6 is 23.2 Å². The van der Waals surface area contributed by atoms with E-state index in [1.54, 1.807) is 12.4 Å². The molecule has 0 spiro atoms. The molecule has 158 valence electrons. The van der Waals surface area contributed by atoms with Gasteiger partial charge >= 0.3 is 0 Å². The molecule has 0 aliphatic rings. The summed E-state index contributed by atoms with van der Waals surface area (Å²) in [5, 5.41) is 4.23. The Balaban J connectivity index is 1.76. The Bertz CT molecular complexity index is 1230. The van der Waals surface area contributed by atoms with Crippen LogP contribution in [0.4, 0.5) is 0 Å². The molecular formula is C20H24Cl2N8. The molecule has 4 rings (SSSR count). The second kappa shape index (κ2) is 7.77. The molecule has 0 aromatic carbocycles. The Morgan fingerprint density at radius 2 is 1.53 bits per heavy atom. The van der Waals surface area contributed by atoms with E-state index in [1.807, 2.05) is 37.5 Å². The number of rotatable bonds is 6. The lowest BCUT2D eigenvalue weighted by Crippen LogP contribution is -2.51. The predicted molar refractivity (Wildman–Crippen MR) is 120 cm³/mol. The van der Waals surface area contributed by atoms with Gasteiger partial charge in [0.15, 0.2) is 10.3 Å².